The molecule has 1 saturated heterocycles. The number of anilines is 2. The summed E-state index contributed by atoms with van der Waals surface area (Å²) < 4.78 is 19.2. The van der Waals surface area contributed by atoms with Crippen LogP contribution in [0.2, 0.25) is 0 Å². The highest BCUT2D eigenvalue weighted by Crippen LogP contribution is 2.53. The number of aromatic nitrogens is 1. The molecule has 3 heterocycles. The number of benzene rings is 3. The molecule has 2 aliphatic heterocycles. The number of hydrogen-bond acceptors (Lipinski definition) is 8. The summed E-state index contributed by atoms with van der Waals surface area (Å²) in [6.07, 6.45) is 0. The lowest BCUT2D eigenvalue weighted by molar-refractivity contribution is -0.122. The van der Waals surface area contributed by atoms with E-state index in [9.17, 15) is 28.7 Å². The summed E-state index contributed by atoms with van der Waals surface area (Å²) >= 11 is 2.13. The fourth-order valence-corrected chi connectivity index (χ4v) is 7.42. The van der Waals surface area contributed by atoms with E-state index in [-0.39, 0.29) is 22.9 Å². The first kappa shape index (κ1) is 25.8. The van der Waals surface area contributed by atoms with Gasteiger partial charge in [0.1, 0.15) is 22.6 Å². The van der Waals surface area contributed by atoms with E-state index in [1.165, 1.54) is 36.4 Å². The molecule has 0 spiro atoms. The van der Waals surface area contributed by atoms with Gasteiger partial charge in [0, 0.05) is 16.5 Å². The maximum absolute atomic E-state index is 13.7. The number of H-pyrrole nitrogens is 1. The number of ether oxygens (including phenoxy) is 1. The Morgan fingerprint density at radius 3 is 2.52 bits per heavy atom. The standard InChI is InChI=1S/C28H20FN3O6S2/c29-15-4-8-17(9-5-15)32-26(35)22-21(23-25(31-28(37)40-23)39-24(22)27(32)36)14-2-1-3-19(12-14)38-13-20(34)30-16-6-10-18(33)11-7-16/h1-12,21-22,24,33H,13H2,(H,30,34)(H,31,37). The molecule has 0 aliphatic carbocycles. The minimum absolute atomic E-state index is 0.0771. The van der Waals surface area contributed by atoms with Crippen molar-refractivity contribution in [3.8, 4) is 11.5 Å². The van der Waals surface area contributed by atoms with Crippen molar-refractivity contribution in [3.63, 3.8) is 0 Å². The Hall–Kier alpha value is -4.42. The molecule has 0 saturated carbocycles. The van der Waals surface area contributed by atoms with Crippen LogP contribution in [0.3, 0.4) is 0 Å². The van der Waals surface area contributed by atoms with E-state index in [2.05, 4.69) is 10.3 Å². The van der Waals surface area contributed by atoms with Gasteiger partial charge in [-0.25, -0.2) is 9.29 Å². The Morgan fingerprint density at radius 1 is 1.02 bits per heavy atom. The fourth-order valence-electron chi connectivity index (χ4n) is 4.91. The van der Waals surface area contributed by atoms with Crippen molar-refractivity contribution in [2.75, 3.05) is 16.8 Å². The van der Waals surface area contributed by atoms with E-state index in [1.54, 1.807) is 36.4 Å². The lowest BCUT2D eigenvalue weighted by atomic mass is 9.83. The Morgan fingerprint density at radius 2 is 1.77 bits per heavy atom. The number of phenols is 1. The highest BCUT2D eigenvalue weighted by molar-refractivity contribution is 8.00. The fraction of sp³-hybridized carbons (Fsp3) is 0.143. The van der Waals surface area contributed by atoms with Crippen LogP contribution in [-0.4, -0.2) is 39.7 Å². The molecule has 1 aromatic heterocycles. The molecule has 3 atom stereocenters. The first-order valence-electron chi connectivity index (χ1n) is 12.1. The third-order valence-corrected chi connectivity index (χ3v) is 9.05. The molecule has 3 N–H and O–H groups in total. The predicted molar refractivity (Wildman–Crippen MR) is 147 cm³/mol. The Kier molecular flexibility index (Phi) is 6.64. The third-order valence-electron chi connectivity index (χ3n) is 6.65. The number of imide groups is 1. The molecule has 0 bridgehead atoms. The van der Waals surface area contributed by atoms with E-state index in [0.29, 0.717) is 26.9 Å². The van der Waals surface area contributed by atoms with Crippen LogP contribution < -0.4 is 19.8 Å². The molecule has 3 amide bonds. The van der Waals surface area contributed by atoms with Crippen LogP contribution in [0.15, 0.2) is 82.6 Å². The summed E-state index contributed by atoms with van der Waals surface area (Å²) in [7, 11) is 0. The Bertz CT molecular complexity index is 1690. The normalized spacial score (nSPS) is 19.7. The number of rotatable bonds is 6. The third kappa shape index (κ3) is 4.75. The van der Waals surface area contributed by atoms with Crippen LogP contribution in [0.5, 0.6) is 11.5 Å². The summed E-state index contributed by atoms with van der Waals surface area (Å²) in [5, 5.41) is 11.8. The first-order chi connectivity index (χ1) is 19.3. The molecule has 6 rings (SSSR count). The second kappa shape index (κ2) is 10.3. The van der Waals surface area contributed by atoms with E-state index < -0.39 is 40.6 Å². The number of aromatic hydroxyl groups is 1. The van der Waals surface area contributed by atoms with Gasteiger partial charge < -0.3 is 20.1 Å². The van der Waals surface area contributed by atoms with Crippen LogP contribution in [-0.2, 0) is 14.4 Å². The number of fused-ring (bicyclic) bond motifs is 2. The van der Waals surface area contributed by atoms with Gasteiger partial charge in [-0.15, -0.1) is 0 Å². The Labute approximate surface area is 234 Å². The molecule has 3 unspecified atom stereocenters. The number of aromatic amines is 1. The van der Waals surface area contributed by atoms with Crippen molar-refractivity contribution in [1.82, 2.24) is 4.98 Å². The topological polar surface area (TPSA) is 129 Å². The van der Waals surface area contributed by atoms with Crippen LogP contribution >= 0.6 is 23.1 Å². The Balaban J connectivity index is 1.28. The van der Waals surface area contributed by atoms with Gasteiger partial charge in [-0.05, 0) is 66.2 Å². The number of carbonyl (C=O) groups excluding carboxylic acids is 3. The number of phenolic OH excluding ortho intramolecular Hbond substituents is 1. The van der Waals surface area contributed by atoms with Gasteiger partial charge >= 0.3 is 4.87 Å². The lowest BCUT2D eigenvalue weighted by Crippen LogP contribution is -2.32. The number of nitrogens with zero attached hydrogens (tertiary/aromatic N) is 1. The number of hydrogen-bond donors (Lipinski definition) is 3. The molecule has 202 valence electrons. The van der Waals surface area contributed by atoms with Gasteiger partial charge in [-0.2, -0.15) is 0 Å². The van der Waals surface area contributed by atoms with E-state index in [1.807, 2.05) is 0 Å². The van der Waals surface area contributed by atoms with Crippen LogP contribution in [0.1, 0.15) is 16.4 Å². The zero-order valence-electron chi connectivity index (χ0n) is 20.5. The number of halogens is 1. The van der Waals surface area contributed by atoms with E-state index in [0.717, 1.165) is 28.0 Å². The smallest absolute Gasteiger partial charge is 0.305 e. The van der Waals surface area contributed by atoms with Crippen LogP contribution in [0.25, 0.3) is 0 Å². The maximum Gasteiger partial charge on any atom is 0.305 e. The van der Waals surface area contributed by atoms with Crippen LogP contribution in [0.4, 0.5) is 15.8 Å². The van der Waals surface area contributed by atoms with Crippen molar-refractivity contribution in [2.24, 2.45) is 5.92 Å². The predicted octanol–water partition coefficient (Wildman–Crippen LogP) is 4.09. The first-order valence-corrected chi connectivity index (χ1v) is 13.8. The minimum atomic E-state index is -0.811. The number of thioether (sulfide) groups is 1. The zero-order valence-corrected chi connectivity index (χ0v) is 22.1. The average Bonchev–Trinajstić information content (AvgIpc) is 3.43. The molecular formula is C28H20FN3O6S2. The second-order valence-corrected chi connectivity index (χ2v) is 11.4. The molecule has 12 heteroatoms. The molecule has 1 fully saturated rings. The van der Waals surface area contributed by atoms with Gasteiger partial charge in [-0.3, -0.25) is 19.2 Å². The largest absolute Gasteiger partial charge is 0.508 e. The molecular weight excluding hydrogens is 557 g/mol. The van der Waals surface area contributed by atoms with Crippen molar-refractivity contribution in [3.05, 3.63) is 98.7 Å². The zero-order chi connectivity index (χ0) is 28.0. The van der Waals surface area contributed by atoms with E-state index >= 15 is 0 Å². The number of nitrogens with one attached hydrogen (secondary N) is 2. The van der Waals surface area contributed by atoms with E-state index in [4.69, 9.17) is 4.74 Å². The van der Waals surface area contributed by atoms with Crippen molar-refractivity contribution in [1.29, 1.82) is 0 Å². The SMILES string of the molecule is O=C(COc1cccc(C2c3sc(=O)[nH]c3SC3C(=O)N(c4ccc(F)cc4)C(=O)C32)c1)Nc1ccc(O)cc1. The van der Waals surface area contributed by atoms with Crippen molar-refractivity contribution < 1.29 is 28.6 Å². The minimum Gasteiger partial charge on any atom is -0.508 e. The highest BCUT2D eigenvalue weighted by atomic mass is 32.2. The summed E-state index contributed by atoms with van der Waals surface area (Å²) in [5.41, 5.74) is 1.42. The molecule has 0 radical (unpaired) electrons. The molecule has 40 heavy (non-hydrogen) atoms. The monoisotopic (exact) mass is 577 g/mol. The lowest BCUT2D eigenvalue weighted by Gasteiger charge is -2.30. The summed E-state index contributed by atoms with van der Waals surface area (Å²) in [6, 6.07) is 18.0. The number of amides is 3. The van der Waals surface area contributed by atoms with Gasteiger partial charge in [0.15, 0.2) is 6.61 Å². The average molecular weight is 578 g/mol. The summed E-state index contributed by atoms with van der Waals surface area (Å²) in [4.78, 5) is 56.1. The van der Waals surface area contributed by atoms with Crippen LogP contribution in [0, 0.1) is 11.7 Å². The number of carbonyl (C=O) groups is 3. The second-order valence-electron chi connectivity index (χ2n) is 9.19. The molecule has 4 aromatic rings. The maximum atomic E-state index is 13.7. The highest BCUT2D eigenvalue weighted by Gasteiger charge is 2.56. The molecule has 9 nitrogen and oxygen atoms in total. The van der Waals surface area contributed by atoms with Crippen molar-refractivity contribution in [2.45, 2.75) is 16.2 Å². The summed E-state index contributed by atoms with van der Waals surface area (Å²) in [5.74, 6) is -2.77. The molecule has 2 aliphatic rings. The van der Waals surface area contributed by atoms with Crippen molar-refractivity contribution >= 4 is 52.2 Å². The van der Waals surface area contributed by atoms with Gasteiger partial charge in [0.2, 0.25) is 11.8 Å². The molecule has 3 aromatic carbocycles. The van der Waals surface area contributed by atoms with Gasteiger partial charge in [0.05, 0.1) is 16.6 Å². The number of thiazole rings is 1. The van der Waals surface area contributed by atoms with Gasteiger partial charge in [-0.1, -0.05) is 35.2 Å². The quantitative estimate of drug-likeness (QED) is 0.233. The van der Waals surface area contributed by atoms with Gasteiger partial charge in [0.25, 0.3) is 5.91 Å². The summed E-state index contributed by atoms with van der Waals surface area (Å²) in [6.45, 7) is -0.296.